The predicted octanol–water partition coefficient (Wildman–Crippen LogP) is 16.1. The van der Waals surface area contributed by atoms with Crippen LogP contribution < -0.4 is 0 Å². The van der Waals surface area contributed by atoms with Crippen LogP contribution in [0.25, 0.3) is 112 Å². The van der Waals surface area contributed by atoms with E-state index in [1.807, 2.05) is 72.8 Å². The van der Waals surface area contributed by atoms with Crippen molar-refractivity contribution in [1.29, 1.82) is 0 Å². The molecule has 0 bridgehead atoms. The fraction of sp³-hybridized carbons (Fsp3) is 0.0156. The molecule has 10 aromatic carbocycles. The van der Waals surface area contributed by atoms with Gasteiger partial charge in [0.15, 0.2) is 17.5 Å². The van der Waals surface area contributed by atoms with Gasteiger partial charge in [0, 0.05) is 27.5 Å². The van der Waals surface area contributed by atoms with Gasteiger partial charge in [-0.1, -0.05) is 194 Å². The molecular formula is C64H39N3O. The van der Waals surface area contributed by atoms with Crippen molar-refractivity contribution in [1.82, 2.24) is 15.0 Å². The summed E-state index contributed by atoms with van der Waals surface area (Å²) < 4.78 is 6.62. The molecule has 4 nitrogen and oxygen atoms in total. The third-order valence-corrected chi connectivity index (χ3v) is 14.1. The van der Waals surface area contributed by atoms with Crippen molar-refractivity contribution < 1.29 is 4.42 Å². The number of nitrogens with zero attached hydrogens (tertiary/aromatic N) is 3. The summed E-state index contributed by atoms with van der Waals surface area (Å²) in [5.74, 6) is 1.83. The zero-order chi connectivity index (χ0) is 44.8. The molecule has 0 saturated carbocycles. The monoisotopic (exact) mass is 865 g/mol. The van der Waals surface area contributed by atoms with Gasteiger partial charge in [-0.3, -0.25) is 0 Å². The van der Waals surface area contributed by atoms with Crippen LogP contribution >= 0.6 is 0 Å². The third-order valence-electron chi connectivity index (χ3n) is 14.1. The summed E-state index contributed by atoms with van der Waals surface area (Å²) in [6, 6.07) is 84.8. The second-order valence-electron chi connectivity index (χ2n) is 17.8. The molecule has 12 aromatic rings. The maximum atomic E-state index is 6.62. The Morgan fingerprint density at radius 1 is 0.265 bits per heavy atom. The summed E-state index contributed by atoms with van der Waals surface area (Å²) in [4.78, 5) is 15.2. The molecule has 2 aliphatic carbocycles. The summed E-state index contributed by atoms with van der Waals surface area (Å²) in [7, 11) is 0. The predicted molar refractivity (Wildman–Crippen MR) is 276 cm³/mol. The van der Waals surface area contributed by atoms with E-state index in [1.165, 1.54) is 50.1 Å². The van der Waals surface area contributed by atoms with Crippen LogP contribution in [-0.4, -0.2) is 15.0 Å². The summed E-state index contributed by atoms with van der Waals surface area (Å²) in [6.07, 6.45) is 0. The first-order valence-corrected chi connectivity index (χ1v) is 23.2. The van der Waals surface area contributed by atoms with Gasteiger partial charge in [0.05, 0.1) is 5.41 Å². The van der Waals surface area contributed by atoms with E-state index in [9.17, 15) is 0 Å². The van der Waals surface area contributed by atoms with Crippen LogP contribution in [0.15, 0.2) is 241 Å². The average Bonchev–Trinajstić information content (AvgIpc) is 4.05. The highest BCUT2D eigenvalue weighted by Crippen LogP contribution is 2.63. The first kappa shape index (κ1) is 38.3. The van der Waals surface area contributed by atoms with Crippen LogP contribution in [0.5, 0.6) is 0 Å². The van der Waals surface area contributed by atoms with Gasteiger partial charge in [-0.25, -0.2) is 15.0 Å². The number of hydrogen-bond acceptors (Lipinski definition) is 4. The Morgan fingerprint density at radius 3 is 1.28 bits per heavy atom. The topological polar surface area (TPSA) is 51.8 Å². The maximum absolute atomic E-state index is 6.62. The van der Waals surface area contributed by atoms with Crippen molar-refractivity contribution >= 4 is 21.9 Å². The fourth-order valence-corrected chi connectivity index (χ4v) is 11.2. The highest BCUT2D eigenvalue weighted by atomic mass is 16.3. The van der Waals surface area contributed by atoms with Crippen molar-refractivity contribution in [2.45, 2.75) is 5.41 Å². The molecular weight excluding hydrogens is 827 g/mol. The van der Waals surface area contributed by atoms with Crippen LogP contribution in [0, 0.1) is 0 Å². The Hall–Kier alpha value is -8.99. The molecule has 0 amide bonds. The molecule has 68 heavy (non-hydrogen) atoms. The zero-order valence-electron chi connectivity index (χ0n) is 36.8. The van der Waals surface area contributed by atoms with Crippen LogP contribution in [-0.2, 0) is 5.41 Å². The minimum absolute atomic E-state index is 0.428. The number of rotatable bonds is 6. The van der Waals surface area contributed by atoms with Crippen LogP contribution in [0.3, 0.4) is 0 Å². The molecule has 14 rings (SSSR count). The van der Waals surface area contributed by atoms with Crippen LogP contribution in [0.2, 0.25) is 0 Å². The summed E-state index contributed by atoms with van der Waals surface area (Å²) >= 11 is 0. The molecule has 316 valence electrons. The van der Waals surface area contributed by atoms with E-state index in [-0.39, 0.29) is 0 Å². The molecule has 1 spiro atoms. The largest absolute Gasteiger partial charge is 0.456 e. The van der Waals surface area contributed by atoms with E-state index in [4.69, 9.17) is 19.4 Å². The smallest absolute Gasteiger partial charge is 0.164 e. The lowest BCUT2D eigenvalue weighted by atomic mass is 9.70. The molecule has 0 aliphatic heterocycles. The molecule has 0 unspecified atom stereocenters. The van der Waals surface area contributed by atoms with E-state index >= 15 is 0 Å². The lowest BCUT2D eigenvalue weighted by Gasteiger charge is -2.30. The van der Waals surface area contributed by atoms with Crippen LogP contribution in [0.1, 0.15) is 22.3 Å². The Bertz CT molecular complexity index is 3850. The number of furan rings is 1. The van der Waals surface area contributed by atoms with Gasteiger partial charge in [-0.15, -0.1) is 0 Å². The minimum atomic E-state index is -0.428. The Morgan fingerprint density at radius 2 is 0.706 bits per heavy atom. The molecule has 2 aromatic heterocycles. The lowest BCUT2D eigenvalue weighted by Crippen LogP contribution is -2.25. The molecule has 4 heteroatoms. The minimum Gasteiger partial charge on any atom is -0.456 e. The lowest BCUT2D eigenvalue weighted by molar-refractivity contribution is 0.669. The summed E-state index contributed by atoms with van der Waals surface area (Å²) in [6.45, 7) is 0. The zero-order valence-corrected chi connectivity index (χ0v) is 36.8. The number of fused-ring (bicyclic) bond motifs is 13. The van der Waals surface area contributed by atoms with E-state index in [2.05, 4.69) is 164 Å². The number of hydrogen-bond donors (Lipinski definition) is 0. The van der Waals surface area contributed by atoms with Crippen molar-refractivity contribution in [2.75, 3.05) is 0 Å². The normalized spacial score (nSPS) is 12.8. The fourth-order valence-electron chi connectivity index (χ4n) is 11.2. The maximum Gasteiger partial charge on any atom is 0.164 e. The molecule has 0 fully saturated rings. The van der Waals surface area contributed by atoms with Gasteiger partial charge in [0.2, 0.25) is 0 Å². The first-order chi connectivity index (χ1) is 33.7. The van der Waals surface area contributed by atoms with Crippen molar-refractivity contribution in [3.63, 3.8) is 0 Å². The second kappa shape index (κ2) is 15.0. The Balaban J connectivity index is 0.958. The first-order valence-electron chi connectivity index (χ1n) is 23.2. The molecule has 0 N–H and O–H groups in total. The van der Waals surface area contributed by atoms with Gasteiger partial charge in [0.1, 0.15) is 11.2 Å². The summed E-state index contributed by atoms with van der Waals surface area (Å²) in [5, 5.41) is 1.96. The van der Waals surface area contributed by atoms with E-state index in [0.29, 0.717) is 17.5 Å². The van der Waals surface area contributed by atoms with E-state index < -0.39 is 5.41 Å². The number of aromatic nitrogens is 3. The van der Waals surface area contributed by atoms with Gasteiger partial charge in [-0.05, 0) is 120 Å². The highest BCUT2D eigenvalue weighted by Gasteiger charge is 2.51. The van der Waals surface area contributed by atoms with Crippen molar-refractivity contribution in [2.24, 2.45) is 0 Å². The Kier molecular flexibility index (Phi) is 8.46. The molecule has 0 atom stereocenters. The highest BCUT2D eigenvalue weighted by molar-refractivity contribution is 6.13. The molecule has 2 aliphatic rings. The van der Waals surface area contributed by atoms with E-state index in [1.54, 1.807) is 0 Å². The average molecular weight is 866 g/mol. The second-order valence-corrected chi connectivity index (χ2v) is 17.8. The standard InChI is InChI=1S/C64H39N3O/c1-4-17-40(18-5-1)45-35-46(37-47(36-45)44-31-33-51-50-25-12-15-29-56(50)64(57(51)39-44)54-27-13-10-23-48(54)49-24-11-14-28-55(49)64)43-32-34-58-53(38-43)60-52(26-16-30-59(60)68-58)63-66-61(41-19-6-2-7-20-41)65-62(67-63)42-21-8-3-9-22-42/h1-39H. The third kappa shape index (κ3) is 5.77. The summed E-state index contributed by atoms with van der Waals surface area (Å²) in [5.41, 5.74) is 21.3. The Labute approximate surface area is 393 Å². The molecule has 2 heterocycles. The molecule has 0 saturated heterocycles. The van der Waals surface area contributed by atoms with Gasteiger partial charge in [-0.2, -0.15) is 0 Å². The number of benzene rings is 10. The quantitative estimate of drug-likeness (QED) is 0.167. The van der Waals surface area contributed by atoms with Gasteiger partial charge >= 0.3 is 0 Å². The van der Waals surface area contributed by atoms with Crippen LogP contribution in [0.4, 0.5) is 0 Å². The van der Waals surface area contributed by atoms with Crippen molar-refractivity contribution in [3.05, 3.63) is 259 Å². The van der Waals surface area contributed by atoms with Crippen molar-refractivity contribution in [3.8, 4) is 89.8 Å². The van der Waals surface area contributed by atoms with E-state index in [0.717, 1.165) is 66.4 Å². The van der Waals surface area contributed by atoms with Gasteiger partial charge in [0.25, 0.3) is 0 Å². The SMILES string of the molecule is c1ccc(-c2cc(-c3ccc4c(c3)C3(c5ccccc5-c5ccccc53)c3ccccc3-4)cc(-c3ccc4oc5cccc(-c6nc(-c7ccccc7)nc(-c7ccccc7)n6)c5c4c3)c2)cc1. The van der Waals surface area contributed by atoms with Gasteiger partial charge < -0.3 is 4.42 Å². The molecule has 0 radical (unpaired) electrons.